The second kappa shape index (κ2) is 44.0. The van der Waals surface area contributed by atoms with E-state index in [9.17, 15) is 61.8 Å². The summed E-state index contributed by atoms with van der Waals surface area (Å²) in [5, 5.41) is 36.6. The van der Waals surface area contributed by atoms with Gasteiger partial charge in [0.25, 0.3) is 12.4 Å². The number of fused-ring (bicyclic) bond motifs is 1. The Bertz CT molecular complexity index is 3340. The average molecular weight is 1400 g/mol. The minimum atomic E-state index is -4.47. The van der Waals surface area contributed by atoms with E-state index in [1.807, 2.05) is 16.7 Å². The van der Waals surface area contributed by atoms with E-state index >= 15 is 0 Å². The Morgan fingerprint density at radius 3 is 1.94 bits per heavy atom. The number of sulfonamides is 1. The number of hydrogen-bond acceptors (Lipinski definition) is 23. The molecule has 1 aliphatic rings. The van der Waals surface area contributed by atoms with Crippen molar-refractivity contribution >= 4 is 74.8 Å². The standard InChI is InChI=1S/C64H98N14O19S/c1-6-75-20-22-76(23-24-77(43-58(83)84)25-27-78(26-21-75)44-96-45-79)42-57(82)72-52(13-14-56(81)66-19-31-92-5)62(87)67-16-9-29-94-33-35-95-34-32-93-28-8-15-65-55(80)10-7-30-97-49-36-46(2)60(47(3)37-49)98(90,91)73-53(63(88)89)40-70-61(86)51-41-74(4)54-38-48(11-12-50(54)59(51)85)39-71-64-68-17-18-69-64/h11-12,17-18,36-38,41,45,52-53,73H,6-10,13-16,19-35,39-40,42-44H2,1-5H3,(H,65,80)(H,66,81)(H,67,87)(H,70,86)(H,72,82)(H,83,84)(H,88,89)(H2,68,69,71)/t52-,53?/m1/s1. The number of amides is 5. The molecule has 2 aromatic heterocycles. The highest BCUT2D eigenvalue weighted by Gasteiger charge is 2.30. The van der Waals surface area contributed by atoms with E-state index in [0.717, 1.165) is 12.1 Å². The van der Waals surface area contributed by atoms with Crippen molar-refractivity contribution in [3.05, 3.63) is 81.4 Å². The van der Waals surface area contributed by atoms with Crippen LogP contribution in [0.4, 0.5) is 5.95 Å². The minimum Gasteiger partial charge on any atom is -0.494 e. The first-order chi connectivity index (χ1) is 47.1. The summed E-state index contributed by atoms with van der Waals surface area (Å²) in [6, 6.07) is 5.28. The van der Waals surface area contributed by atoms with Crippen LogP contribution in [0, 0.1) is 13.8 Å². The fourth-order valence-electron chi connectivity index (χ4n) is 10.5. The summed E-state index contributed by atoms with van der Waals surface area (Å²) >= 11 is 0. The number of nitrogens with zero attached hydrogens (tertiary/aromatic N) is 6. The average Bonchev–Trinajstić information content (AvgIpc) is 1.06. The molecule has 1 saturated heterocycles. The van der Waals surface area contributed by atoms with Crippen molar-refractivity contribution in [3.63, 3.8) is 0 Å². The van der Waals surface area contributed by atoms with Crippen molar-refractivity contribution in [2.45, 2.75) is 82.8 Å². The lowest BCUT2D eigenvalue weighted by molar-refractivity contribution is -0.139. The van der Waals surface area contributed by atoms with Crippen LogP contribution in [0.2, 0.25) is 0 Å². The fraction of sp³-hybridized carbons (Fsp3) is 0.594. The van der Waals surface area contributed by atoms with Gasteiger partial charge in [-0.25, -0.2) is 13.4 Å². The number of benzene rings is 2. The third-order valence-electron chi connectivity index (χ3n) is 15.7. The molecule has 98 heavy (non-hydrogen) atoms. The van der Waals surface area contributed by atoms with Crippen LogP contribution in [-0.2, 0) is 80.9 Å². The highest BCUT2D eigenvalue weighted by Crippen LogP contribution is 2.26. The van der Waals surface area contributed by atoms with Gasteiger partial charge in [0.1, 0.15) is 30.1 Å². The summed E-state index contributed by atoms with van der Waals surface area (Å²) in [7, 11) is -1.30. The first-order valence-corrected chi connectivity index (χ1v) is 34.2. The number of methoxy groups -OCH3 is 1. The maximum atomic E-state index is 13.7. The Hall–Kier alpha value is -8.19. The summed E-state index contributed by atoms with van der Waals surface area (Å²) in [5.74, 6) is -3.91. The van der Waals surface area contributed by atoms with Gasteiger partial charge < -0.3 is 85.0 Å². The Morgan fingerprint density at radius 1 is 0.714 bits per heavy atom. The highest BCUT2D eigenvalue weighted by molar-refractivity contribution is 7.89. The zero-order valence-corrected chi connectivity index (χ0v) is 57.5. The molecule has 34 heteroatoms. The predicted molar refractivity (Wildman–Crippen MR) is 360 cm³/mol. The molecule has 2 aromatic carbocycles. The topological polar surface area (TPSA) is 414 Å². The van der Waals surface area contributed by atoms with Gasteiger partial charge in [0, 0.05) is 149 Å². The second-order valence-corrected chi connectivity index (χ2v) is 24.9. The van der Waals surface area contributed by atoms with Crippen LogP contribution in [0.1, 0.15) is 72.5 Å². The number of anilines is 1. The molecule has 33 nitrogen and oxygen atoms in total. The van der Waals surface area contributed by atoms with E-state index in [1.54, 1.807) is 47.1 Å². The number of H-pyrrole nitrogens is 1. The van der Waals surface area contributed by atoms with Gasteiger partial charge in [0.15, 0.2) is 5.95 Å². The molecule has 2 atom stereocenters. The number of likely N-dealkylation sites (N-methyl/N-ethyl adjacent to an activating group) is 1. The quantitative estimate of drug-likeness (QED) is 0.0194. The molecule has 10 N–H and O–H groups in total. The Balaban J connectivity index is 0.926. The molecule has 0 bridgehead atoms. The van der Waals surface area contributed by atoms with Crippen molar-refractivity contribution in [3.8, 4) is 5.75 Å². The van der Waals surface area contributed by atoms with Gasteiger partial charge in [-0.05, 0) is 87.0 Å². The van der Waals surface area contributed by atoms with Gasteiger partial charge in [0.2, 0.25) is 39.1 Å². The number of carbonyl (C=O) groups excluding carboxylic acids is 6. The van der Waals surface area contributed by atoms with E-state index in [2.05, 4.69) is 51.5 Å². The van der Waals surface area contributed by atoms with Crippen LogP contribution in [0.3, 0.4) is 0 Å². The molecule has 3 heterocycles. The largest absolute Gasteiger partial charge is 0.494 e. The normalized spacial score (nSPS) is 14.5. The molecule has 1 unspecified atom stereocenters. The van der Waals surface area contributed by atoms with Gasteiger partial charge in [0.05, 0.1) is 63.1 Å². The van der Waals surface area contributed by atoms with Crippen LogP contribution in [0.15, 0.2) is 58.6 Å². The number of carboxylic acid groups (broad SMARTS) is 2. The molecule has 5 amide bonds. The Labute approximate surface area is 570 Å². The number of aliphatic carboxylic acids is 2. The Morgan fingerprint density at radius 2 is 1.33 bits per heavy atom. The van der Waals surface area contributed by atoms with Crippen molar-refractivity contribution in [1.82, 2.24) is 65.4 Å². The van der Waals surface area contributed by atoms with Gasteiger partial charge in [-0.3, -0.25) is 57.9 Å². The van der Waals surface area contributed by atoms with E-state index in [1.165, 1.54) is 39.3 Å². The maximum absolute atomic E-state index is 13.7. The second-order valence-electron chi connectivity index (χ2n) is 23.3. The number of carbonyl (C=O) groups is 8. The van der Waals surface area contributed by atoms with Gasteiger partial charge in [-0.2, -0.15) is 4.72 Å². The third kappa shape index (κ3) is 29.5. The number of ether oxygens (including phenoxy) is 6. The number of rotatable bonds is 45. The lowest BCUT2D eigenvalue weighted by Crippen LogP contribution is -2.52. The molecule has 0 aliphatic carbocycles. The van der Waals surface area contributed by atoms with Crippen molar-refractivity contribution in [2.75, 3.05) is 170 Å². The summed E-state index contributed by atoms with van der Waals surface area (Å²) in [4.78, 5) is 129. The first-order valence-electron chi connectivity index (χ1n) is 32.7. The molecule has 0 saturated carbocycles. The molecule has 544 valence electrons. The van der Waals surface area contributed by atoms with Gasteiger partial charge >= 0.3 is 11.9 Å². The van der Waals surface area contributed by atoms with Crippen LogP contribution in [0.5, 0.6) is 5.75 Å². The van der Waals surface area contributed by atoms with Crippen molar-refractivity contribution < 1.29 is 85.4 Å². The zero-order chi connectivity index (χ0) is 71.2. The van der Waals surface area contributed by atoms with Crippen LogP contribution in [-0.4, -0.2) is 278 Å². The maximum Gasteiger partial charge on any atom is 0.323 e. The van der Waals surface area contributed by atoms with Gasteiger partial charge in [-0.15, -0.1) is 0 Å². The molecule has 1 fully saturated rings. The number of hydrogen-bond donors (Lipinski definition) is 10. The van der Waals surface area contributed by atoms with E-state index in [0.29, 0.717) is 155 Å². The summed E-state index contributed by atoms with van der Waals surface area (Å²) in [6.45, 7) is 12.9. The molecular weight excluding hydrogens is 1300 g/mol. The van der Waals surface area contributed by atoms with Crippen LogP contribution < -0.4 is 46.8 Å². The van der Waals surface area contributed by atoms with Crippen molar-refractivity contribution in [2.24, 2.45) is 7.05 Å². The lowest BCUT2D eigenvalue weighted by atomic mass is 10.1. The smallest absolute Gasteiger partial charge is 0.323 e. The molecule has 0 spiro atoms. The zero-order valence-electron chi connectivity index (χ0n) is 56.7. The number of carboxylic acids is 2. The fourth-order valence-corrected chi connectivity index (χ4v) is 12.1. The van der Waals surface area contributed by atoms with E-state index in [-0.39, 0.29) is 97.6 Å². The minimum absolute atomic E-state index is 0.0271. The third-order valence-corrected chi connectivity index (χ3v) is 17.5. The number of aryl methyl sites for hydroxylation is 3. The molecular formula is C64H98N14O19S. The van der Waals surface area contributed by atoms with E-state index in [4.69, 9.17) is 28.4 Å². The first kappa shape index (κ1) is 80.5. The summed E-state index contributed by atoms with van der Waals surface area (Å²) in [5.41, 5.74) is 1.07. The van der Waals surface area contributed by atoms with E-state index < -0.39 is 63.7 Å². The predicted octanol–water partition coefficient (Wildman–Crippen LogP) is -0.642. The number of aromatic nitrogens is 3. The van der Waals surface area contributed by atoms with Crippen molar-refractivity contribution in [1.29, 1.82) is 0 Å². The Kier molecular flexibility index (Phi) is 36.1. The molecule has 0 radical (unpaired) electrons. The lowest BCUT2D eigenvalue weighted by Gasteiger charge is -2.33. The molecule has 5 rings (SSSR count). The number of imidazole rings is 1. The van der Waals surface area contributed by atoms with Crippen LogP contribution >= 0.6 is 0 Å². The van der Waals surface area contributed by atoms with Crippen LogP contribution in [0.25, 0.3) is 10.9 Å². The molecule has 1 aliphatic heterocycles. The summed E-state index contributed by atoms with van der Waals surface area (Å²) in [6.07, 6.45) is 6.17. The van der Waals surface area contributed by atoms with Gasteiger partial charge in [-0.1, -0.05) is 13.0 Å². The monoisotopic (exact) mass is 1400 g/mol. The number of aromatic amines is 1. The summed E-state index contributed by atoms with van der Waals surface area (Å²) < 4.78 is 63.8. The number of nitrogens with one attached hydrogen (secondary N) is 8. The highest BCUT2D eigenvalue weighted by atomic mass is 32.2. The molecule has 4 aromatic rings. The SMILES string of the molecule is CCN1CCN(COC=O)CCN(CC(=O)O)CCN(CC(=O)N[C@H](CCC(=O)NCCOC)C(=O)NCCCOCCOCCOCCCNC(=O)CCCOc2cc(C)c(S(=O)(=O)NC(CNC(=O)c3cn(C)c4cc(CNc5ncc[nH]5)ccc4c3=O)C(=O)O)c(C)c2)CC1. The number of pyridine rings is 1.